The van der Waals surface area contributed by atoms with Gasteiger partial charge in [-0.05, 0) is 52.7 Å². The molecule has 1 atom stereocenters. The van der Waals surface area contributed by atoms with Crippen LogP contribution < -0.4 is 5.32 Å². The van der Waals surface area contributed by atoms with Gasteiger partial charge >= 0.3 is 0 Å². The number of hydrogen-bond donors (Lipinski definition) is 1. The van der Waals surface area contributed by atoms with Crippen LogP contribution in [-0.2, 0) is 11.3 Å². The van der Waals surface area contributed by atoms with Crippen molar-refractivity contribution in [1.82, 2.24) is 25.0 Å². The summed E-state index contributed by atoms with van der Waals surface area (Å²) in [6.07, 6.45) is 7.01. The largest absolute Gasteiger partial charge is 0.346 e. The van der Waals surface area contributed by atoms with E-state index in [0.717, 1.165) is 25.3 Å². The molecule has 1 amide bonds. The molecule has 6 nitrogen and oxygen atoms in total. The van der Waals surface area contributed by atoms with Gasteiger partial charge in [0.25, 0.3) is 0 Å². The quantitative estimate of drug-likeness (QED) is 0.832. The molecule has 0 aliphatic carbocycles. The highest BCUT2D eigenvalue weighted by atomic mass is 16.1. The fraction of sp³-hybridized carbons (Fsp3) is 0.800. The van der Waals surface area contributed by atoms with Crippen LogP contribution in [0.2, 0.25) is 0 Å². The van der Waals surface area contributed by atoms with Gasteiger partial charge in [0.15, 0.2) is 0 Å². The molecule has 118 valence electrons. The third kappa shape index (κ3) is 4.81. The van der Waals surface area contributed by atoms with Gasteiger partial charge in [-0.25, -0.2) is 9.67 Å². The molecule has 0 saturated carbocycles. The van der Waals surface area contributed by atoms with E-state index in [-0.39, 0.29) is 11.9 Å². The molecule has 1 aliphatic rings. The SMILES string of the molecule is CCn1ncnc1[C@@H](C)NC(=O)CCCN1CCCCC1. The second-order valence-electron chi connectivity index (χ2n) is 5.73. The second-order valence-corrected chi connectivity index (χ2v) is 5.73. The first-order chi connectivity index (χ1) is 10.2. The number of nitrogens with zero attached hydrogens (tertiary/aromatic N) is 4. The number of rotatable bonds is 7. The van der Waals surface area contributed by atoms with Gasteiger partial charge in [-0.2, -0.15) is 5.10 Å². The average molecular weight is 293 g/mol. The van der Waals surface area contributed by atoms with E-state index in [1.807, 2.05) is 18.5 Å². The van der Waals surface area contributed by atoms with E-state index >= 15 is 0 Å². The van der Waals surface area contributed by atoms with Crippen LogP contribution in [0.1, 0.15) is 57.8 Å². The Morgan fingerprint density at radius 3 is 2.86 bits per heavy atom. The molecule has 0 bridgehead atoms. The Morgan fingerprint density at radius 1 is 1.38 bits per heavy atom. The molecule has 1 aliphatic heterocycles. The predicted molar refractivity (Wildman–Crippen MR) is 81.8 cm³/mol. The van der Waals surface area contributed by atoms with Crippen LogP contribution in [0, 0.1) is 0 Å². The summed E-state index contributed by atoms with van der Waals surface area (Å²) < 4.78 is 1.82. The van der Waals surface area contributed by atoms with E-state index in [2.05, 4.69) is 20.3 Å². The number of carbonyl (C=O) groups is 1. The number of aryl methyl sites for hydroxylation is 1. The minimum atomic E-state index is -0.0880. The van der Waals surface area contributed by atoms with Gasteiger partial charge < -0.3 is 10.2 Å². The molecule has 2 rings (SSSR count). The maximum atomic E-state index is 12.0. The predicted octanol–water partition coefficient (Wildman–Crippen LogP) is 1.74. The van der Waals surface area contributed by atoms with Crippen molar-refractivity contribution < 1.29 is 4.79 Å². The number of aromatic nitrogens is 3. The Balaban J connectivity index is 1.69. The van der Waals surface area contributed by atoms with Crippen LogP contribution in [0.3, 0.4) is 0 Å². The summed E-state index contributed by atoms with van der Waals surface area (Å²) in [7, 11) is 0. The van der Waals surface area contributed by atoms with Gasteiger partial charge in [0.05, 0.1) is 6.04 Å². The second kappa shape index (κ2) is 8.12. The van der Waals surface area contributed by atoms with Crippen molar-refractivity contribution in [3.63, 3.8) is 0 Å². The Hall–Kier alpha value is -1.43. The van der Waals surface area contributed by atoms with E-state index < -0.39 is 0 Å². The molecule has 21 heavy (non-hydrogen) atoms. The lowest BCUT2D eigenvalue weighted by Gasteiger charge is -2.26. The highest BCUT2D eigenvalue weighted by Crippen LogP contribution is 2.11. The number of amides is 1. The monoisotopic (exact) mass is 293 g/mol. The van der Waals surface area contributed by atoms with Crippen molar-refractivity contribution in [1.29, 1.82) is 0 Å². The molecular formula is C15H27N5O. The standard InChI is InChI=1S/C15H27N5O/c1-3-20-15(16-12-17-20)13(2)18-14(21)8-7-11-19-9-5-4-6-10-19/h12-13H,3-11H2,1-2H3,(H,18,21)/t13-/m1/s1. The van der Waals surface area contributed by atoms with Gasteiger partial charge in [-0.1, -0.05) is 6.42 Å². The van der Waals surface area contributed by atoms with E-state index in [1.54, 1.807) is 0 Å². The van der Waals surface area contributed by atoms with Crippen molar-refractivity contribution in [2.24, 2.45) is 0 Å². The number of hydrogen-bond acceptors (Lipinski definition) is 4. The summed E-state index contributed by atoms with van der Waals surface area (Å²) in [6.45, 7) is 8.16. The third-order valence-corrected chi connectivity index (χ3v) is 4.04. The zero-order chi connectivity index (χ0) is 15.1. The number of likely N-dealkylation sites (tertiary alicyclic amines) is 1. The van der Waals surface area contributed by atoms with Crippen LogP contribution in [-0.4, -0.2) is 45.2 Å². The van der Waals surface area contributed by atoms with Gasteiger partial charge in [0.2, 0.25) is 5.91 Å². The van der Waals surface area contributed by atoms with Crippen molar-refractivity contribution >= 4 is 5.91 Å². The summed E-state index contributed by atoms with van der Waals surface area (Å²) in [6, 6.07) is -0.0880. The number of nitrogens with one attached hydrogen (secondary N) is 1. The summed E-state index contributed by atoms with van der Waals surface area (Å²) in [4.78, 5) is 18.7. The number of carbonyl (C=O) groups excluding carboxylic acids is 1. The minimum absolute atomic E-state index is 0.0880. The molecule has 0 unspecified atom stereocenters. The van der Waals surface area contributed by atoms with E-state index in [1.165, 1.54) is 38.7 Å². The van der Waals surface area contributed by atoms with Gasteiger partial charge in [-0.3, -0.25) is 4.79 Å². The lowest BCUT2D eigenvalue weighted by molar-refractivity contribution is -0.122. The summed E-state index contributed by atoms with van der Waals surface area (Å²) in [5, 5.41) is 7.15. The molecule has 6 heteroatoms. The molecule has 1 aromatic rings. The van der Waals surface area contributed by atoms with Crippen molar-refractivity contribution in [2.45, 2.75) is 58.5 Å². The summed E-state index contributed by atoms with van der Waals surface area (Å²) in [5.74, 6) is 0.923. The molecule has 1 fully saturated rings. The van der Waals surface area contributed by atoms with Crippen LogP contribution in [0.15, 0.2) is 6.33 Å². The van der Waals surface area contributed by atoms with Crippen LogP contribution >= 0.6 is 0 Å². The Kier molecular flexibility index (Phi) is 6.17. The molecule has 2 heterocycles. The Morgan fingerprint density at radius 2 is 2.14 bits per heavy atom. The highest BCUT2D eigenvalue weighted by molar-refractivity contribution is 5.76. The fourth-order valence-corrected chi connectivity index (χ4v) is 2.88. The van der Waals surface area contributed by atoms with Gasteiger partial charge in [-0.15, -0.1) is 0 Å². The lowest BCUT2D eigenvalue weighted by Crippen LogP contribution is -2.32. The minimum Gasteiger partial charge on any atom is -0.346 e. The topological polar surface area (TPSA) is 63.1 Å². The number of piperidine rings is 1. The normalized spacial score (nSPS) is 17.6. The molecule has 1 N–H and O–H groups in total. The fourth-order valence-electron chi connectivity index (χ4n) is 2.88. The first-order valence-corrected chi connectivity index (χ1v) is 8.10. The molecule has 0 radical (unpaired) electrons. The highest BCUT2D eigenvalue weighted by Gasteiger charge is 2.15. The van der Waals surface area contributed by atoms with Gasteiger partial charge in [0.1, 0.15) is 12.2 Å². The zero-order valence-electron chi connectivity index (χ0n) is 13.2. The maximum Gasteiger partial charge on any atom is 0.220 e. The van der Waals surface area contributed by atoms with Gasteiger partial charge in [0, 0.05) is 13.0 Å². The first kappa shape index (κ1) is 15.9. The average Bonchev–Trinajstić information content (AvgIpc) is 2.97. The van der Waals surface area contributed by atoms with Crippen molar-refractivity contribution in [2.75, 3.05) is 19.6 Å². The van der Waals surface area contributed by atoms with E-state index in [9.17, 15) is 4.79 Å². The van der Waals surface area contributed by atoms with E-state index in [0.29, 0.717) is 6.42 Å². The maximum absolute atomic E-state index is 12.0. The molecule has 1 saturated heterocycles. The van der Waals surface area contributed by atoms with Crippen LogP contribution in [0.25, 0.3) is 0 Å². The van der Waals surface area contributed by atoms with E-state index in [4.69, 9.17) is 0 Å². The van der Waals surface area contributed by atoms with Crippen molar-refractivity contribution in [3.05, 3.63) is 12.2 Å². The zero-order valence-corrected chi connectivity index (χ0v) is 13.2. The molecule has 0 spiro atoms. The molecule has 1 aromatic heterocycles. The summed E-state index contributed by atoms with van der Waals surface area (Å²) >= 11 is 0. The molecular weight excluding hydrogens is 266 g/mol. The molecule has 0 aromatic carbocycles. The third-order valence-electron chi connectivity index (χ3n) is 4.04. The van der Waals surface area contributed by atoms with Crippen molar-refractivity contribution in [3.8, 4) is 0 Å². The Bertz CT molecular complexity index is 439. The lowest BCUT2D eigenvalue weighted by atomic mass is 10.1. The van der Waals surface area contributed by atoms with Crippen LogP contribution in [0.4, 0.5) is 0 Å². The Labute approximate surface area is 126 Å². The smallest absolute Gasteiger partial charge is 0.220 e. The summed E-state index contributed by atoms with van der Waals surface area (Å²) in [5.41, 5.74) is 0. The first-order valence-electron chi connectivity index (χ1n) is 8.10. The van der Waals surface area contributed by atoms with Crippen LogP contribution in [0.5, 0.6) is 0 Å².